The highest BCUT2D eigenvalue weighted by molar-refractivity contribution is 5.49. The van der Waals surface area contributed by atoms with Gasteiger partial charge < -0.3 is 14.9 Å². The van der Waals surface area contributed by atoms with Crippen LogP contribution >= 0.6 is 0 Å². The molecule has 0 aliphatic heterocycles. The van der Waals surface area contributed by atoms with Crippen LogP contribution in [0.15, 0.2) is 12.1 Å². The molecule has 1 aromatic carbocycles. The summed E-state index contributed by atoms with van der Waals surface area (Å²) in [5.74, 6) is 0.127. The number of aromatic hydroxyl groups is 2. The molecule has 0 unspecified atom stereocenters. The molecule has 0 saturated heterocycles. The number of methoxy groups -OCH3 is 1. The van der Waals surface area contributed by atoms with Crippen molar-refractivity contribution in [3.05, 3.63) is 17.7 Å². The number of ether oxygens (including phenoxy) is 1. The minimum Gasteiger partial charge on any atom is -0.507 e. The van der Waals surface area contributed by atoms with E-state index in [4.69, 9.17) is 10.5 Å². The summed E-state index contributed by atoms with van der Waals surface area (Å²) in [6.45, 7) is -0.0661. The highest BCUT2D eigenvalue weighted by atomic mass is 16.5. The van der Waals surface area contributed by atoms with E-state index < -0.39 is 0 Å². The number of rotatable bonds is 2. The summed E-state index contributed by atoms with van der Waals surface area (Å²) >= 11 is 0. The van der Waals surface area contributed by atoms with Gasteiger partial charge in [0, 0.05) is 18.2 Å². The van der Waals surface area contributed by atoms with Crippen LogP contribution in [0.5, 0.6) is 17.2 Å². The second kappa shape index (κ2) is 3.32. The van der Waals surface area contributed by atoms with E-state index in [2.05, 4.69) is 0 Å². The van der Waals surface area contributed by atoms with Gasteiger partial charge in [0.05, 0.1) is 7.11 Å². The first-order valence-corrected chi connectivity index (χ1v) is 3.42. The minimum absolute atomic E-state index is 0.0281. The smallest absolute Gasteiger partial charge is 0.164 e. The van der Waals surface area contributed by atoms with Gasteiger partial charge in [-0.1, -0.05) is 0 Å². The van der Waals surface area contributed by atoms with Crippen LogP contribution in [0.2, 0.25) is 0 Å². The SMILES string of the molecule is COc1cc(O)c(C[NH])cc1O. The second-order valence-electron chi connectivity index (χ2n) is 2.33. The Balaban J connectivity index is 3.16. The average molecular weight is 168 g/mol. The van der Waals surface area contributed by atoms with Crippen molar-refractivity contribution >= 4 is 0 Å². The molecule has 0 aliphatic carbocycles. The standard InChI is InChI=1S/C8H10NO3/c1-12-8-3-6(10)5(4-9)2-7(8)11/h2-3,9-11H,4H2,1H3. The van der Waals surface area contributed by atoms with E-state index in [-0.39, 0.29) is 23.8 Å². The van der Waals surface area contributed by atoms with Gasteiger partial charge in [-0.15, -0.1) is 0 Å². The average Bonchev–Trinajstić information content (AvgIpc) is 2.08. The number of phenolic OH excluding ortho intramolecular Hbond substituents is 2. The highest BCUT2D eigenvalue weighted by Gasteiger charge is 2.06. The van der Waals surface area contributed by atoms with Crippen molar-refractivity contribution in [1.29, 1.82) is 0 Å². The van der Waals surface area contributed by atoms with Crippen molar-refractivity contribution in [3.63, 3.8) is 0 Å². The molecule has 0 aliphatic rings. The fraction of sp³-hybridized carbons (Fsp3) is 0.250. The van der Waals surface area contributed by atoms with Gasteiger partial charge in [0.25, 0.3) is 0 Å². The Morgan fingerprint density at radius 3 is 2.50 bits per heavy atom. The van der Waals surface area contributed by atoms with E-state index >= 15 is 0 Å². The predicted octanol–water partition coefficient (Wildman–Crippen LogP) is 0.889. The Bertz CT molecular complexity index is 256. The van der Waals surface area contributed by atoms with Gasteiger partial charge in [-0.25, -0.2) is 0 Å². The predicted molar refractivity (Wildman–Crippen MR) is 43.1 cm³/mol. The maximum Gasteiger partial charge on any atom is 0.164 e. The van der Waals surface area contributed by atoms with E-state index in [9.17, 15) is 10.2 Å². The van der Waals surface area contributed by atoms with Crippen LogP contribution in [0.1, 0.15) is 5.56 Å². The van der Waals surface area contributed by atoms with Gasteiger partial charge in [-0.2, -0.15) is 0 Å². The first-order chi connectivity index (χ1) is 5.69. The quantitative estimate of drug-likeness (QED) is 0.644. The van der Waals surface area contributed by atoms with Crippen molar-refractivity contribution in [2.45, 2.75) is 6.54 Å². The molecular formula is C8H10NO3. The Morgan fingerprint density at radius 1 is 1.33 bits per heavy atom. The summed E-state index contributed by atoms with van der Waals surface area (Å²) in [4.78, 5) is 0. The van der Waals surface area contributed by atoms with Crippen LogP contribution in [0.3, 0.4) is 0 Å². The lowest BCUT2D eigenvalue weighted by Gasteiger charge is -2.06. The molecule has 0 bridgehead atoms. The molecule has 0 aromatic heterocycles. The lowest BCUT2D eigenvalue weighted by molar-refractivity contribution is 0.367. The summed E-state index contributed by atoms with van der Waals surface area (Å²) in [7, 11) is 1.40. The van der Waals surface area contributed by atoms with E-state index in [1.54, 1.807) is 0 Å². The van der Waals surface area contributed by atoms with Gasteiger partial charge in [0.2, 0.25) is 0 Å². The zero-order chi connectivity index (χ0) is 9.14. The number of hydrogen-bond acceptors (Lipinski definition) is 3. The van der Waals surface area contributed by atoms with Gasteiger partial charge in [-0.3, -0.25) is 5.73 Å². The zero-order valence-electron chi connectivity index (χ0n) is 6.66. The molecule has 3 N–H and O–H groups in total. The Morgan fingerprint density at radius 2 is 2.00 bits per heavy atom. The van der Waals surface area contributed by atoms with Gasteiger partial charge in [0.1, 0.15) is 5.75 Å². The van der Waals surface area contributed by atoms with E-state index in [1.165, 1.54) is 19.2 Å². The van der Waals surface area contributed by atoms with Gasteiger partial charge in [0.15, 0.2) is 11.5 Å². The molecule has 1 aromatic rings. The molecule has 4 heteroatoms. The molecule has 1 rings (SSSR count). The van der Waals surface area contributed by atoms with Crippen molar-refractivity contribution in [1.82, 2.24) is 5.73 Å². The molecule has 12 heavy (non-hydrogen) atoms. The molecule has 1 radical (unpaired) electrons. The van der Waals surface area contributed by atoms with Crippen molar-refractivity contribution in [3.8, 4) is 17.2 Å². The Labute approximate surface area is 70.2 Å². The lowest BCUT2D eigenvalue weighted by Crippen LogP contribution is -1.89. The van der Waals surface area contributed by atoms with Crippen molar-refractivity contribution < 1.29 is 14.9 Å². The summed E-state index contributed by atoms with van der Waals surface area (Å²) in [5, 5.41) is 18.5. The first kappa shape index (κ1) is 8.67. The monoisotopic (exact) mass is 168 g/mol. The van der Waals surface area contributed by atoms with E-state index in [0.717, 1.165) is 0 Å². The van der Waals surface area contributed by atoms with Crippen LogP contribution < -0.4 is 10.5 Å². The molecule has 0 heterocycles. The third-order valence-corrected chi connectivity index (χ3v) is 1.57. The summed E-state index contributed by atoms with van der Waals surface area (Å²) in [6.07, 6.45) is 0. The van der Waals surface area contributed by atoms with Crippen LogP contribution in [-0.4, -0.2) is 17.3 Å². The fourth-order valence-corrected chi connectivity index (χ4v) is 0.906. The van der Waals surface area contributed by atoms with Crippen LogP contribution in [0.25, 0.3) is 0 Å². The molecule has 65 valence electrons. The number of nitrogens with one attached hydrogen (secondary N) is 1. The molecule has 4 nitrogen and oxygen atoms in total. The lowest BCUT2D eigenvalue weighted by atomic mass is 10.2. The number of benzene rings is 1. The second-order valence-corrected chi connectivity index (χ2v) is 2.33. The Hall–Kier alpha value is -1.42. The zero-order valence-corrected chi connectivity index (χ0v) is 6.66. The van der Waals surface area contributed by atoms with Crippen LogP contribution in [-0.2, 0) is 6.54 Å². The largest absolute Gasteiger partial charge is 0.507 e. The minimum atomic E-state index is -0.0661. The number of phenols is 2. The molecule has 0 atom stereocenters. The molecule has 0 fully saturated rings. The van der Waals surface area contributed by atoms with Crippen LogP contribution in [0, 0.1) is 0 Å². The van der Waals surface area contributed by atoms with E-state index in [1.807, 2.05) is 0 Å². The summed E-state index contributed by atoms with van der Waals surface area (Å²) < 4.78 is 4.75. The maximum absolute atomic E-state index is 9.24. The molecule has 0 saturated carbocycles. The molecule has 0 spiro atoms. The van der Waals surface area contributed by atoms with Crippen molar-refractivity contribution in [2.75, 3.05) is 7.11 Å². The van der Waals surface area contributed by atoms with Gasteiger partial charge in [-0.05, 0) is 6.07 Å². The third-order valence-electron chi connectivity index (χ3n) is 1.57. The molecular weight excluding hydrogens is 158 g/mol. The summed E-state index contributed by atoms with van der Waals surface area (Å²) in [6, 6.07) is 2.61. The highest BCUT2D eigenvalue weighted by Crippen LogP contribution is 2.32. The number of hydrogen-bond donors (Lipinski definition) is 2. The van der Waals surface area contributed by atoms with Crippen molar-refractivity contribution in [2.24, 2.45) is 0 Å². The van der Waals surface area contributed by atoms with Gasteiger partial charge >= 0.3 is 0 Å². The summed E-state index contributed by atoms with van der Waals surface area (Å²) in [5.41, 5.74) is 7.38. The van der Waals surface area contributed by atoms with E-state index in [0.29, 0.717) is 5.56 Å². The van der Waals surface area contributed by atoms with Crippen LogP contribution in [0.4, 0.5) is 0 Å². The Kier molecular flexibility index (Phi) is 2.40. The normalized spacial score (nSPS) is 9.83. The maximum atomic E-state index is 9.24. The molecule has 0 amide bonds. The third kappa shape index (κ3) is 1.43. The first-order valence-electron chi connectivity index (χ1n) is 3.42. The fourth-order valence-electron chi connectivity index (χ4n) is 0.906. The topological polar surface area (TPSA) is 73.5 Å².